The van der Waals surface area contributed by atoms with Gasteiger partial charge in [0.1, 0.15) is 5.75 Å². The fraction of sp³-hybridized carbons (Fsp3) is 0.409. The van der Waals surface area contributed by atoms with Gasteiger partial charge in [0, 0.05) is 31.1 Å². The van der Waals surface area contributed by atoms with Crippen LogP contribution < -0.4 is 9.04 Å². The number of carbonyl (C=O) groups is 1. The molecule has 1 aliphatic heterocycles. The molecule has 0 aliphatic carbocycles. The Hall–Kier alpha value is -2.29. The maximum absolute atomic E-state index is 13.4. The van der Waals surface area contributed by atoms with Crippen LogP contribution in [0, 0.1) is 0 Å². The number of amides is 1. The average Bonchev–Trinajstić information content (AvgIpc) is 2.73. The zero-order valence-electron chi connectivity index (χ0n) is 17.8. The molecule has 1 heterocycles. The number of carbonyl (C=O) groups excluding carboxylic acids is 1. The van der Waals surface area contributed by atoms with Crippen molar-refractivity contribution >= 4 is 33.2 Å². The molecule has 0 N–H and O–H groups in total. The van der Waals surface area contributed by atoms with Crippen molar-refractivity contribution in [1.29, 1.82) is 0 Å². The highest BCUT2D eigenvalue weighted by molar-refractivity contribution is 7.92. The van der Waals surface area contributed by atoms with Gasteiger partial charge >= 0.3 is 0 Å². The van der Waals surface area contributed by atoms with Gasteiger partial charge in [-0.15, -0.1) is 0 Å². The van der Waals surface area contributed by atoms with Crippen molar-refractivity contribution in [2.45, 2.75) is 37.4 Å². The summed E-state index contributed by atoms with van der Waals surface area (Å²) in [7, 11) is -2.39. The number of halogens is 1. The molecule has 1 amide bonds. The highest BCUT2D eigenvalue weighted by atomic mass is 35.5. The van der Waals surface area contributed by atoms with Crippen molar-refractivity contribution in [1.82, 2.24) is 4.90 Å². The quantitative estimate of drug-likeness (QED) is 0.623. The number of nitrogens with zero attached hydrogens (tertiary/aromatic N) is 2. The summed E-state index contributed by atoms with van der Waals surface area (Å²) in [6.45, 7) is 4.83. The number of morpholine rings is 1. The minimum atomic E-state index is -3.93. The number of benzene rings is 2. The van der Waals surface area contributed by atoms with E-state index in [0.717, 1.165) is 0 Å². The first-order valence-electron chi connectivity index (χ1n) is 10.1. The average molecular weight is 467 g/mol. The summed E-state index contributed by atoms with van der Waals surface area (Å²) in [6.07, 6.45) is -0.0631. The zero-order chi connectivity index (χ0) is 22.6. The lowest BCUT2D eigenvalue weighted by Gasteiger charge is -2.35. The lowest BCUT2D eigenvalue weighted by Crippen LogP contribution is -2.49. The van der Waals surface area contributed by atoms with Crippen LogP contribution in [-0.2, 0) is 19.6 Å². The van der Waals surface area contributed by atoms with E-state index in [9.17, 15) is 13.2 Å². The van der Waals surface area contributed by atoms with Gasteiger partial charge in [0.05, 0.1) is 29.9 Å². The summed E-state index contributed by atoms with van der Waals surface area (Å²) < 4.78 is 38.9. The molecule has 9 heteroatoms. The second-order valence-corrected chi connectivity index (χ2v) is 9.84. The first-order chi connectivity index (χ1) is 14.7. The smallest absolute Gasteiger partial charge is 0.264 e. The minimum Gasteiger partial charge on any atom is -0.497 e. The number of anilines is 1. The lowest BCUT2D eigenvalue weighted by molar-refractivity contribution is -0.142. The van der Waals surface area contributed by atoms with Crippen molar-refractivity contribution in [2.24, 2.45) is 0 Å². The van der Waals surface area contributed by atoms with Crippen LogP contribution in [0.15, 0.2) is 53.4 Å². The largest absolute Gasteiger partial charge is 0.497 e. The topological polar surface area (TPSA) is 76.2 Å². The van der Waals surface area contributed by atoms with Gasteiger partial charge in [0.25, 0.3) is 10.0 Å². The Labute approximate surface area is 188 Å². The molecule has 0 radical (unpaired) electrons. The second kappa shape index (κ2) is 9.89. The summed E-state index contributed by atoms with van der Waals surface area (Å²) in [5.41, 5.74) is 0.442. The highest BCUT2D eigenvalue weighted by Gasteiger charge is 2.29. The molecule has 7 nitrogen and oxygen atoms in total. The van der Waals surface area contributed by atoms with Crippen molar-refractivity contribution in [3.05, 3.63) is 53.6 Å². The molecule has 0 bridgehead atoms. The summed E-state index contributed by atoms with van der Waals surface area (Å²) in [5.74, 6) is 0.498. The number of hydrogen-bond acceptors (Lipinski definition) is 5. The standard InChI is InChI=1S/C22H27ClN2O5S/c1-16-14-24(15-17(2)30-16)22(26)11-12-25(19-7-9-20(29-3)10-8-19)31(27,28)21-6-4-5-18(23)13-21/h4-10,13,16-17H,11-12,14-15H2,1-3H3/t16-,17-/m1/s1. The Morgan fingerprint density at radius 3 is 2.39 bits per heavy atom. The first kappa shape index (κ1) is 23.4. The molecule has 31 heavy (non-hydrogen) atoms. The Balaban J connectivity index is 1.86. The summed E-state index contributed by atoms with van der Waals surface area (Å²) >= 11 is 6.03. The normalized spacial score (nSPS) is 19.2. The number of hydrogen-bond donors (Lipinski definition) is 0. The number of methoxy groups -OCH3 is 1. The van der Waals surface area contributed by atoms with Crippen molar-refractivity contribution in [2.75, 3.05) is 31.0 Å². The zero-order valence-corrected chi connectivity index (χ0v) is 19.4. The monoisotopic (exact) mass is 466 g/mol. The summed E-state index contributed by atoms with van der Waals surface area (Å²) in [4.78, 5) is 14.7. The predicted octanol–water partition coefficient (Wildman–Crippen LogP) is 3.57. The SMILES string of the molecule is COc1ccc(N(CCC(=O)N2C[C@@H](C)O[C@H](C)C2)S(=O)(=O)c2cccc(Cl)c2)cc1. The molecular formula is C22H27ClN2O5S. The van der Waals surface area contributed by atoms with E-state index in [1.165, 1.54) is 16.4 Å². The fourth-order valence-corrected chi connectivity index (χ4v) is 5.39. The van der Waals surface area contributed by atoms with Crippen molar-refractivity contribution in [3.63, 3.8) is 0 Å². The van der Waals surface area contributed by atoms with E-state index in [1.807, 2.05) is 13.8 Å². The van der Waals surface area contributed by atoms with Gasteiger partial charge in [-0.05, 0) is 56.3 Å². The van der Waals surface area contributed by atoms with Gasteiger partial charge in [-0.1, -0.05) is 17.7 Å². The molecule has 168 valence electrons. The van der Waals surface area contributed by atoms with Crippen LogP contribution in [0.5, 0.6) is 5.75 Å². The third-order valence-corrected chi connectivity index (χ3v) is 7.10. The number of rotatable bonds is 7. The number of sulfonamides is 1. The molecule has 3 rings (SSSR count). The Morgan fingerprint density at radius 1 is 1.16 bits per heavy atom. The second-order valence-electron chi connectivity index (χ2n) is 7.54. The Kier molecular flexibility index (Phi) is 7.46. The molecule has 1 aliphatic rings. The summed E-state index contributed by atoms with van der Waals surface area (Å²) in [5, 5.41) is 0.322. The van der Waals surface area contributed by atoms with Crippen LogP contribution in [0.4, 0.5) is 5.69 Å². The van der Waals surface area contributed by atoms with E-state index in [2.05, 4.69) is 0 Å². The van der Waals surface area contributed by atoms with E-state index in [1.54, 1.807) is 48.4 Å². The van der Waals surface area contributed by atoms with Crippen molar-refractivity contribution < 1.29 is 22.7 Å². The van der Waals surface area contributed by atoms with Crippen LogP contribution in [0.25, 0.3) is 0 Å². The predicted molar refractivity (Wildman–Crippen MR) is 120 cm³/mol. The van der Waals surface area contributed by atoms with E-state index >= 15 is 0 Å². The number of ether oxygens (including phenoxy) is 2. The van der Waals surface area contributed by atoms with Crippen LogP contribution in [-0.4, -0.2) is 58.2 Å². The Bertz CT molecular complexity index is 1000. The van der Waals surface area contributed by atoms with Gasteiger partial charge in [-0.2, -0.15) is 0 Å². The third kappa shape index (κ3) is 5.70. The van der Waals surface area contributed by atoms with E-state index in [-0.39, 0.29) is 36.0 Å². The fourth-order valence-electron chi connectivity index (χ4n) is 3.63. The summed E-state index contributed by atoms with van der Waals surface area (Å²) in [6, 6.07) is 12.8. The van der Waals surface area contributed by atoms with Gasteiger partial charge < -0.3 is 14.4 Å². The first-order valence-corrected chi connectivity index (χ1v) is 11.9. The molecular weight excluding hydrogens is 440 g/mol. The van der Waals surface area contributed by atoms with Gasteiger partial charge in [-0.25, -0.2) is 8.42 Å². The van der Waals surface area contributed by atoms with E-state index in [0.29, 0.717) is 29.5 Å². The maximum atomic E-state index is 13.4. The third-order valence-electron chi connectivity index (χ3n) is 5.05. The van der Waals surface area contributed by atoms with Gasteiger partial charge in [0.2, 0.25) is 5.91 Å². The van der Waals surface area contributed by atoms with Gasteiger partial charge in [0.15, 0.2) is 0 Å². The minimum absolute atomic E-state index is 0.000127. The van der Waals surface area contributed by atoms with Crippen LogP contribution in [0.3, 0.4) is 0 Å². The lowest BCUT2D eigenvalue weighted by atomic mass is 10.2. The van der Waals surface area contributed by atoms with Gasteiger partial charge in [-0.3, -0.25) is 9.10 Å². The molecule has 2 atom stereocenters. The van der Waals surface area contributed by atoms with Crippen LogP contribution >= 0.6 is 11.6 Å². The molecule has 1 fully saturated rings. The van der Waals surface area contributed by atoms with Crippen molar-refractivity contribution in [3.8, 4) is 5.75 Å². The van der Waals surface area contributed by atoms with Crippen LogP contribution in [0.1, 0.15) is 20.3 Å². The molecule has 0 saturated carbocycles. The Morgan fingerprint density at radius 2 is 1.81 bits per heavy atom. The molecule has 2 aromatic rings. The molecule has 0 unspecified atom stereocenters. The van der Waals surface area contributed by atoms with E-state index < -0.39 is 10.0 Å². The molecule has 1 saturated heterocycles. The molecule has 0 spiro atoms. The molecule has 2 aromatic carbocycles. The highest BCUT2D eigenvalue weighted by Crippen LogP contribution is 2.27. The molecule has 0 aromatic heterocycles. The van der Waals surface area contributed by atoms with E-state index in [4.69, 9.17) is 21.1 Å². The maximum Gasteiger partial charge on any atom is 0.264 e. The van der Waals surface area contributed by atoms with Crippen LogP contribution in [0.2, 0.25) is 5.02 Å².